The minimum atomic E-state index is 0.590. The van der Waals surface area contributed by atoms with Gasteiger partial charge in [-0.25, -0.2) is 0 Å². The van der Waals surface area contributed by atoms with Crippen molar-refractivity contribution in [2.45, 2.75) is 64.4 Å². The first-order valence-corrected chi connectivity index (χ1v) is 6.76. The molecule has 1 rings (SSSR count). The van der Waals surface area contributed by atoms with E-state index in [9.17, 15) is 0 Å². The second-order valence-electron chi connectivity index (χ2n) is 4.55. The average molecular weight is 213 g/mol. The molecule has 0 aromatic heterocycles. The summed E-state index contributed by atoms with van der Waals surface area (Å²) in [6.07, 6.45) is 11.2. The van der Waals surface area contributed by atoms with Crippen LogP contribution >= 0.6 is 0 Å². The Morgan fingerprint density at radius 3 is 2.60 bits per heavy atom. The van der Waals surface area contributed by atoms with E-state index in [0.29, 0.717) is 6.10 Å². The fraction of sp³-hybridized carbons (Fsp3) is 1.00. The number of rotatable bonds is 8. The van der Waals surface area contributed by atoms with Crippen molar-refractivity contribution in [3.63, 3.8) is 0 Å². The van der Waals surface area contributed by atoms with Crippen LogP contribution in [-0.2, 0) is 4.74 Å². The molecule has 0 unspecified atom stereocenters. The van der Waals surface area contributed by atoms with Gasteiger partial charge in [0.2, 0.25) is 0 Å². The van der Waals surface area contributed by atoms with Gasteiger partial charge in [0.25, 0.3) is 0 Å². The molecule has 0 amide bonds. The highest BCUT2D eigenvalue weighted by Crippen LogP contribution is 2.20. The molecule has 0 saturated heterocycles. The first kappa shape index (κ1) is 13.0. The lowest BCUT2D eigenvalue weighted by molar-refractivity contribution is 0.0263. The zero-order chi connectivity index (χ0) is 10.8. The Kier molecular flexibility index (Phi) is 7.94. The summed E-state index contributed by atoms with van der Waals surface area (Å²) in [7, 11) is 0. The number of unbranched alkanes of at least 4 members (excludes halogenated alkanes) is 2. The van der Waals surface area contributed by atoms with Crippen LogP contribution in [0.5, 0.6) is 0 Å². The van der Waals surface area contributed by atoms with Crippen molar-refractivity contribution in [1.82, 2.24) is 5.32 Å². The summed E-state index contributed by atoms with van der Waals surface area (Å²) in [6, 6.07) is 0. The van der Waals surface area contributed by atoms with Gasteiger partial charge in [-0.2, -0.15) is 0 Å². The molecule has 15 heavy (non-hydrogen) atoms. The van der Waals surface area contributed by atoms with E-state index in [1.54, 1.807) is 0 Å². The standard InChI is InChI=1S/C13H27NO/c1-2-14-11-7-4-8-12-15-13-9-5-3-6-10-13/h13-14H,2-12H2,1H3. The molecule has 1 saturated carbocycles. The maximum atomic E-state index is 5.87. The number of hydrogen-bond donors (Lipinski definition) is 1. The lowest BCUT2D eigenvalue weighted by atomic mass is 9.98. The van der Waals surface area contributed by atoms with E-state index < -0.39 is 0 Å². The van der Waals surface area contributed by atoms with Crippen LogP contribution in [0.1, 0.15) is 58.3 Å². The third kappa shape index (κ3) is 6.91. The third-order valence-electron chi connectivity index (χ3n) is 3.15. The molecule has 0 radical (unpaired) electrons. The van der Waals surface area contributed by atoms with Gasteiger partial charge in [0.15, 0.2) is 0 Å². The quantitative estimate of drug-likeness (QED) is 0.626. The molecule has 1 fully saturated rings. The molecule has 0 aromatic rings. The fourth-order valence-corrected chi connectivity index (χ4v) is 2.19. The molecule has 1 aliphatic rings. The number of hydrogen-bond acceptors (Lipinski definition) is 2. The highest BCUT2D eigenvalue weighted by Gasteiger charge is 2.12. The first-order chi connectivity index (χ1) is 7.43. The molecule has 0 aromatic carbocycles. The molecule has 2 heteroatoms. The maximum absolute atomic E-state index is 5.87. The summed E-state index contributed by atoms with van der Waals surface area (Å²) in [5, 5.41) is 3.35. The van der Waals surface area contributed by atoms with Gasteiger partial charge in [0.05, 0.1) is 6.10 Å². The van der Waals surface area contributed by atoms with E-state index in [0.717, 1.165) is 13.2 Å². The van der Waals surface area contributed by atoms with E-state index in [-0.39, 0.29) is 0 Å². The van der Waals surface area contributed by atoms with Crippen molar-refractivity contribution in [2.75, 3.05) is 19.7 Å². The lowest BCUT2D eigenvalue weighted by Crippen LogP contribution is -2.17. The van der Waals surface area contributed by atoms with Gasteiger partial charge in [-0.05, 0) is 45.2 Å². The Morgan fingerprint density at radius 1 is 1.07 bits per heavy atom. The summed E-state index contributed by atoms with van der Waals surface area (Å²) < 4.78 is 5.87. The van der Waals surface area contributed by atoms with Crippen molar-refractivity contribution in [3.05, 3.63) is 0 Å². The number of nitrogens with one attached hydrogen (secondary N) is 1. The molecule has 0 spiro atoms. The van der Waals surface area contributed by atoms with Gasteiger partial charge in [-0.15, -0.1) is 0 Å². The van der Waals surface area contributed by atoms with Crippen molar-refractivity contribution >= 4 is 0 Å². The Labute approximate surface area is 94.8 Å². The van der Waals surface area contributed by atoms with Crippen LogP contribution in [0.25, 0.3) is 0 Å². The van der Waals surface area contributed by atoms with Crippen LogP contribution in [0.2, 0.25) is 0 Å². The second kappa shape index (κ2) is 9.17. The minimum Gasteiger partial charge on any atom is -0.378 e. The van der Waals surface area contributed by atoms with Crippen LogP contribution < -0.4 is 5.32 Å². The Morgan fingerprint density at radius 2 is 1.87 bits per heavy atom. The normalized spacial score (nSPS) is 18.2. The molecular formula is C13H27NO. The van der Waals surface area contributed by atoms with Gasteiger partial charge < -0.3 is 10.1 Å². The topological polar surface area (TPSA) is 21.3 Å². The Hall–Kier alpha value is -0.0800. The van der Waals surface area contributed by atoms with E-state index in [1.807, 2.05) is 0 Å². The zero-order valence-electron chi connectivity index (χ0n) is 10.3. The van der Waals surface area contributed by atoms with Crippen LogP contribution in [0.3, 0.4) is 0 Å². The maximum Gasteiger partial charge on any atom is 0.0575 e. The third-order valence-corrected chi connectivity index (χ3v) is 3.15. The smallest absolute Gasteiger partial charge is 0.0575 e. The van der Waals surface area contributed by atoms with Gasteiger partial charge in [0, 0.05) is 6.61 Å². The molecule has 2 nitrogen and oxygen atoms in total. The fourth-order valence-electron chi connectivity index (χ4n) is 2.19. The summed E-state index contributed by atoms with van der Waals surface area (Å²) in [4.78, 5) is 0. The summed E-state index contributed by atoms with van der Waals surface area (Å²) >= 11 is 0. The van der Waals surface area contributed by atoms with Gasteiger partial charge >= 0.3 is 0 Å². The molecule has 1 N–H and O–H groups in total. The first-order valence-electron chi connectivity index (χ1n) is 6.76. The van der Waals surface area contributed by atoms with E-state index in [4.69, 9.17) is 4.74 Å². The van der Waals surface area contributed by atoms with Crippen LogP contribution in [0.4, 0.5) is 0 Å². The molecular weight excluding hydrogens is 186 g/mol. The van der Waals surface area contributed by atoms with Crippen molar-refractivity contribution < 1.29 is 4.74 Å². The largest absolute Gasteiger partial charge is 0.378 e. The predicted octanol–water partition coefficient (Wildman–Crippen LogP) is 3.12. The van der Waals surface area contributed by atoms with E-state index in [1.165, 1.54) is 57.9 Å². The average Bonchev–Trinajstić information content (AvgIpc) is 2.29. The molecule has 90 valence electrons. The monoisotopic (exact) mass is 213 g/mol. The van der Waals surface area contributed by atoms with Gasteiger partial charge in [-0.3, -0.25) is 0 Å². The van der Waals surface area contributed by atoms with Gasteiger partial charge in [0.1, 0.15) is 0 Å². The molecule has 0 bridgehead atoms. The highest BCUT2D eigenvalue weighted by molar-refractivity contribution is 4.64. The van der Waals surface area contributed by atoms with Gasteiger partial charge in [-0.1, -0.05) is 26.2 Å². The molecule has 0 atom stereocenters. The van der Waals surface area contributed by atoms with Crippen molar-refractivity contribution in [1.29, 1.82) is 0 Å². The van der Waals surface area contributed by atoms with Crippen molar-refractivity contribution in [3.8, 4) is 0 Å². The lowest BCUT2D eigenvalue weighted by Gasteiger charge is -2.21. The Balaban J connectivity index is 1.79. The summed E-state index contributed by atoms with van der Waals surface area (Å²) in [6.45, 7) is 5.40. The number of ether oxygens (including phenoxy) is 1. The van der Waals surface area contributed by atoms with E-state index >= 15 is 0 Å². The molecule has 0 aliphatic heterocycles. The minimum absolute atomic E-state index is 0.590. The second-order valence-corrected chi connectivity index (χ2v) is 4.55. The van der Waals surface area contributed by atoms with Crippen molar-refractivity contribution in [2.24, 2.45) is 0 Å². The summed E-state index contributed by atoms with van der Waals surface area (Å²) in [5.74, 6) is 0. The van der Waals surface area contributed by atoms with Crippen LogP contribution in [0, 0.1) is 0 Å². The molecule has 1 aliphatic carbocycles. The SMILES string of the molecule is CCNCCCCCOC1CCCCC1. The Bertz CT molecular complexity index is 132. The molecule has 0 heterocycles. The zero-order valence-corrected chi connectivity index (χ0v) is 10.3. The van der Waals surface area contributed by atoms with Crippen LogP contribution in [-0.4, -0.2) is 25.8 Å². The van der Waals surface area contributed by atoms with E-state index in [2.05, 4.69) is 12.2 Å². The summed E-state index contributed by atoms with van der Waals surface area (Å²) in [5.41, 5.74) is 0. The predicted molar refractivity (Wildman–Crippen MR) is 65.2 cm³/mol. The van der Waals surface area contributed by atoms with Crippen LogP contribution in [0.15, 0.2) is 0 Å². The highest BCUT2D eigenvalue weighted by atomic mass is 16.5.